The van der Waals surface area contributed by atoms with Crippen LogP contribution < -0.4 is 5.32 Å². The van der Waals surface area contributed by atoms with Crippen LogP contribution >= 0.6 is 23.1 Å². The Labute approximate surface area is 223 Å². The highest BCUT2D eigenvalue weighted by molar-refractivity contribution is 8.01. The molecule has 3 aromatic rings. The summed E-state index contributed by atoms with van der Waals surface area (Å²) in [6.45, 7) is 4.01. The number of amides is 1. The molecule has 1 aromatic heterocycles. The van der Waals surface area contributed by atoms with Crippen LogP contribution in [0.3, 0.4) is 0 Å². The number of thioether (sulfide) groups is 1. The van der Waals surface area contributed by atoms with Gasteiger partial charge >= 0.3 is 5.97 Å². The molecule has 1 amide bonds. The highest BCUT2D eigenvalue weighted by Gasteiger charge is 2.38. The number of aromatic nitrogens is 2. The van der Waals surface area contributed by atoms with Crippen LogP contribution in [0.2, 0.25) is 0 Å². The SMILES string of the molecule is Cc1nnc(SC[C@@H]2O[C@H](c3ccc(NC(=O)CCC(=O)O)cc3)O[C@H](c3ccc(CO)cc3)[C@@H]2C)s1. The van der Waals surface area contributed by atoms with Crippen molar-refractivity contribution in [1.82, 2.24) is 10.2 Å². The van der Waals surface area contributed by atoms with E-state index in [1.807, 2.05) is 43.3 Å². The van der Waals surface area contributed by atoms with E-state index in [0.717, 1.165) is 26.0 Å². The number of anilines is 1. The van der Waals surface area contributed by atoms with Gasteiger partial charge in [-0.05, 0) is 30.2 Å². The van der Waals surface area contributed by atoms with Crippen LogP contribution in [0.25, 0.3) is 0 Å². The molecular weight excluding hydrogens is 514 g/mol. The summed E-state index contributed by atoms with van der Waals surface area (Å²) < 4.78 is 13.8. The number of aliphatic carboxylic acids is 1. The second-order valence-corrected chi connectivity index (χ2v) is 11.2. The third kappa shape index (κ3) is 7.36. The monoisotopic (exact) mass is 543 g/mol. The minimum Gasteiger partial charge on any atom is -0.481 e. The average Bonchev–Trinajstić information content (AvgIpc) is 3.32. The van der Waals surface area contributed by atoms with Crippen LogP contribution in [0.4, 0.5) is 5.69 Å². The lowest BCUT2D eigenvalue weighted by Gasteiger charge is -2.41. The second-order valence-electron chi connectivity index (χ2n) is 8.78. The maximum atomic E-state index is 12.0. The summed E-state index contributed by atoms with van der Waals surface area (Å²) in [4.78, 5) is 22.7. The molecule has 196 valence electrons. The Morgan fingerprint density at radius 3 is 2.35 bits per heavy atom. The van der Waals surface area contributed by atoms with E-state index in [0.29, 0.717) is 11.4 Å². The van der Waals surface area contributed by atoms with E-state index >= 15 is 0 Å². The van der Waals surface area contributed by atoms with Gasteiger partial charge in [-0.2, -0.15) is 0 Å². The predicted molar refractivity (Wildman–Crippen MR) is 140 cm³/mol. The molecule has 0 spiro atoms. The number of carbonyl (C=O) groups is 2. The first-order valence-corrected chi connectivity index (χ1v) is 13.7. The Balaban J connectivity index is 1.50. The van der Waals surface area contributed by atoms with E-state index in [9.17, 15) is 14.7 Å². The highest BCUT2D eigenvalue weighted by Crippen LogP contribution is 2.43. The number of carboxylic acids is 1. The summed E-state index contributed by atoms with van der Waals surface area (Å²) in [5.74, 6) is -0.644. The van der Waals surface area contributed by atoms with E-state index in [4.69, 9.17) is 14.6 Å². The van der Waals surface area contributed by atoms with Crippen LogP contribution in [-0.2, 0) is 25.7 Å². The molecule has 1 saturated heterocycles. The molecule has 0 aliphatic carbocycles. The van der Waals surface area contributed by atoms with Gasteiger partial charge in [-0.3, -0.25) is 9.59 Å². The van der Waals surface area contributed by atoms with Gasteiger partial charge in [-0.15, -0.1) is 10.2 Å². The van der Waals surface area contributed by atoms with Gasteiger partial charge in [-0.1, -0.05) is 66.4 Å². The van der Waals surface area contributed by atoms with Crippen molar-refractivity contribution in [2.75, 3.05) is 11.1 Å². The third-order valence-corrected chi connectivity index (χ3v) is 8.10. The molecule has 1 fully saturated rings. The molecule has 37 heavy (non-hydrogen) atoms. The molecule has 0 saturated carbocycles. The molecule has 11 heteroatoms. The normalized spacial score (nSPS) is 21.5. The Kier molecular flexibility index (Phi) is 9.28. The van der Waals surface area contributed by atoms with E-state index in [1.54, 1.807) is 35.2 Å². The molecule has 1 aliphatic rings. The molecule has 3 N–H and O–H groups in total. The Morgan fingerprint density at radius 1 is 1.03 bits per heavy atom. The van der Waals surface area contributed by atoms with Gasteiger partial charge in [-0.25, -0.2) is 0 Å². The molecule has 0 bridgehead atoms. The minimum absolute atomic E-state index is 0.0210. The number of ether oxygens (including phenoxy) is 2. The van der Waals surface area contributed by atoms with Gasteiger partial charge in [0.05, 0.1) is 25.2 Å². The second kappa shape index (κ2) is 12.6. The van der Waals surface area contributed by atoms with Crippen molar-refractivity contribution >= 4 is 40.7 Å². The fourth-order valence-corrected chi connectivity index (χ4v) is 5.97. The number of carbonyl (C=O) groups excluding carboxylic acids is 1. The Morgan fingerprint density at radius 2 is 1.73 bits per heavy atom. The molecule has 4 atom stereocenters. The summed E-state index contributed by atoms with van der Waals surface area (Å²) in [7, 11) is 0. The number of aryl methyl sites for hydroxylation is 1. The average molecular weight is 544 g/mol. The van der Waals surface area contributed by atoms with E-state index in [-0.39, 0.29) is 43.5 Å². The summed E-state index contributed by atoms with van der Waals surface area (Å²) >= 11 is 3.16. The number of aliphatic hydroxyl groups is 1. The summed E-state index contributed by atoms with van der Waals surface area (Å²) in [5.41, 5.74) is 3.20. The van der Waals surface area contributed by atoms with Gasteiger partial charge in [0, 0.05) is 29.3 Å². The first-order chi connectivity index (χ1) is 17.8. The standard InChI is InChI=1S/C26H29N3O6S2/c1-15-21(14-36-26-29-28-16(2)37-26)34-25(35-24(15)18-5-3-17(13-30)4-6-18)19-7-9-20(10-8-19)27-22(31)11-12-23(32)33/h3-10,15,21,24-25,30H,11-14H2,1-2H3,(H,27,31)(H,32,33)/t15-,21+,24+,25+/m1/s1. The smallest absolute Gasteiger partial charge is 0.303 e. The number of carboxylic acid groups (broad SMARTS) is 1. The van der Waals surface area contributed by atoms with Crippen LogP contribution in [0.15, 0.2) is 52.9 Å². The number of hydrogen-bond acceptors (Lipinski definition) is 9. The zero-order valence-electron chi connectivity index (χ0n) is 20.5. The van der Waals surface area contributed by atoms with Gasteiger partial charge in [0.15, 0.2) is 10.6 Å². The molecule has 2 aromatic carbocycles. The summed E-state index contributed by atoms with van der Waals surface area (Å²) in [6, 6.07) is 14.9. The maximum absolute atomic E-state index is 12.0. The maximum Gasteiger partial charge on any atom is 0.303 e. The number of aliphatic hydroxyl groups excluding tert-OH is 1. The largest absolute Gasteiger partial charge is 0.481 e. The summed E-state index contributed by atoms with van der Waals surface area (Å²) in [6.07, 6.45) is -1.30. The van der Waals surface area contributed by atoms with Crippen LogP contribution in [0.5, 0.6) is 0 Å². The van der Waals surface area contributed by atoms with Crippen molar-refractivity contribution < 1.29 is 29.3 Å². The first-order valence-electron chi connectivity index (χ1n) is 11.9. The Hall–Kier alpha value is -2.83. The van der Waals surface area contributed by atoms with Crippen molar-refractivity contribution in [2.45, 2.75) is 56.1 Å². The molecular formula is C26H29N3O6S2. The quantitative estimate of drug-likeness (QED) is 0.311. The fourth-order valence-electron chi connectivity index (χ4n) is 3.97. The number of benzene rings is 2. The summed E-state index contributed by atoms with van der Waals surface area (Å²) in [5, 5.41) is 30.1. The van der Waals surface area contributed by atoms with E-state index in [2.05, 4.69) is 22.4 Å². The minimum atomic E-state index is -1.01. The van der Waals surface area contributed by atoms with Crippen molar-refractivity contribution in [3.8, 4) is 0 Å². The molecule has 9 nitrogen and oxygen atoms in total. The lowest BCUT2D eigenvalue weighted by Crippen LogP contribution is -2.38. The molecule has 4 rings (SSSR count). The highest BCUT2D eigenvalue weighted by atomic mass is 32.2. The number of nitrogens with zero attached hydrogens (tertiary/aromatic N) is 2. The van der Waals surface area contributed by atoms with Crippen molar-refractivity contribution in [3.05, 3.63) is 70.2 Å². The topological polar surface area (TPSA) is 131 Å². The number of rotatable bonds is 10. The van der Waals surface area contributed by atoms with Gasteiger partial charge in [0.1, 0.15) is 5.01 Å². The molecule has 0 unspecified atom stereocenters. The van der Waals surface area contributed by atoms with E-state index in [1.165, 1.54) is 0 Å². The fraction of sp³-hybridized carbons (Fsp3) is 0.385. The van der Waals surface area contributed by atoms with Crippen molar-refractivity contribution in [2.24, 2.45) is 5.92 Å². The van der Waals surface area contributed by atoms with Crippen LogP contribution in [0, 0.1) is 12.8 Å². The van der Waals surface area contributed by atoms with Crippen LogP contribution in [0.1, 0.15) is 53.9 Å². The molecule has 2 heterocycles. The van der Waals surface area contributed by atoms with Crippen molar-refractivity contribution in [1.29, 1.82) is 0 Å². The molecule has 1 aliphatic heterocycles. The zero-order chi connectivity index (χ0) is 26.4. The van der Waals surface area contributed by atoms with Gasteiger partial charge in [0.2, 0.25) is 5.91 Å². The predicted octanol–water partition coefficient (Wildman–Crippen LogP) is 4.73. The van der Waals surface area contributed by atoms with Crippen LogP contribution in [-0.4, -0.2) is 44.1 Å². The van der Waals surface area contributed by atoms with Crippen molar-refractivity contribution in [3.63, 3.8) is 0 Å². The molecule has 0 radical (unpaired) electrons. The third-order valence-electron chi connectivity index (χ3n) is 6.03. The zero-order valence-corrected chi connectivity index (χ0v) is 22.1. The van der Waals surface area contributed by atoms with E-state index < -0.39 is 12.3 Å². The Bertz CT molecular complexity index is 1200. The number of hydrogen-bond donors (Lipinski definition) is 3. The first kappa shape index (κ1) is 27.2. The van der Waals surface area contributed by atoms with Gasteiger partial charge in [0.25, 0.3) is 0 Å². The van der Waals surface area contributed by atoms with Gasteiger partial charge < -0.3 is 25.0 Å². The lowest BCUT2D eigenvalue weighted by atomic mass is 9.91. The lowest BCUT2D eigenvalue weighted by molar-refractivity contribution is -0.268. The number of nitrogens with one attached hydrogen (secondary N) is 1.